The maximum absolute atomic E-state index is 12.0. The van der Waals surface area contributed by atoms with Crippen molar-refractivity contribution in [2.24, 2.45) is 0 Å². The summed E-state index contributed by atoms with van der Waals surface area (Å²) in [5.74, 6) is 0.0439. The molecular formula is C21H19N3O5. The molecule has 0 N–H and O–H groups in total. The Bertz CT molecular complexity index is 1110. The minimum Gasteiger partial charge on any atom is -0.482 e. The predicted molar refractivity (Wildman–Crippen MR) is 105 cm³/mol. The van der Waals surface area contributed by atoms with Crippen LogP contribution in [0.25, 0.3) is 5.65 Å². The smallest absolute Gasteiger partial charge is 0.344 e. The van der Waals surface area contributed by atoms with Crippen LogP contribution in [0.1, 0.15) is 18.5 Å². The van der Waals surface area contributed by atoms with Crippen LogP contribution in [0.15, 0.2) is 59.5 Å². The maximum atomic E-state index is 12.0. The first-order valence-electron chi connectivity index (χ1n) is 9.26. The molecule has 1 amide bonds. The SMILES string of the molecule is O=C(COc1ccc(N2CCCC2=O)cc1)OCc1cc(=O)n2ccccc2n1. The number of carbonyl (C=O) groups excluding carboxylic acids is 2. The Balaban J connectivity index is 1.30. The highest BCUT2D eigenvalue weighted by molar-refractivity contribution is 5.95. The van der Waals surface area contributed by atoms with E-state index in [2.05, 4.69) is 4.98 Å². The summed E-state index contributed by atoms with van der Waals surface area (Å²) in [4.78, 5) is 41.8. The number of hydrogen-bond acceptors (Lipinski definition) is 6. The minimum atomic E-state index is -0.571. The van der Waals surface area contributed by atoms with E-state index >= 15 is 0 Å². The van der Waals surface area contributed by atoms with Crippen LogP contribution in [0, 0.1) is 0 Å². The van der Waals surface area contributed by atoms with Crippen LogP contribution in [-0.2, 0) is 20.9 Å². The van der Waals surface area contributed by atoms with Crippen molar-refractivity contribution in [3.63, 3.8) is 0 Å². The molecule has 3 aromatic rings. The molecule has 29 heavy (non-hydrogen) atoms. The molecule has 0 aliphatic carbocycles. The Morgan fingerprint density at radius 1 is 1.10 bits per heavy atom. The summed E-state index contributed by atoms with van der Waals surface area (Å²) in [5, 5.41) is 0. The zero-order valence-corrected chi connectivity index (χ0v) is 15.6. The average Bonchev–Trinajstić information content (AvgIpc) is 3.17. The fourth-order valence-corrected chi connectivity index (χ4v) is 3.16. The van der Waals surface area contributed by atoms with Gasteiger partial charge in [0.1, 0.15) is 18.0 Å². The molecule has 8 nitrogen and oxygen atoms in total. The van der Waals surface area contributed by atoms with E-state index in [-0.39, 0.29) is 24.7 Å². The first-order chi connectivity index (χ1) is 14.1. The molecule has 1 saturated heterocycles. The predicted octanol–water partition coefficient (Wildman–Crippen LogP) is 1.94. The van der Waals surface area contributed by atoms with Gasteiger partial charge in [-0.1, -0.05) is 6.07 Å². The second-order valence-corrected chi connectivity index (χ2v) is 6.61. The van der Waals surface area contributed by atoms with Crippen molar-refractivity contribution in [3.05, 3.63) is 70.8 Å². The number of fused-ring (bicyclic) bond motifs is 1. The molecule has 1 fully saturated rings. The van der Waals surface area contributed by atoms with Crippen molar-refractivity contribution < 1.29 is 19.1 Å². The zero-order chi connectivity index (χ0) is 20.2. The highest BCUT2D eigenvalue weighted by Gasteiger charge is 2.21. The number of hydrogen-bond donors (Lipinski definition) is 0. The van der Waals surface area contributed by atoms with Gasteiger partial charge in [-0.15, -0.1) is 0 Å². The van der Waals surface area contributed by atoms with Crippen LogP contribution in [0.2, 0.25) is 0 Å². The Hall–Kier alpha value is -3.68. The van der Waals surface area contributed by atoms with E-state index in [1.807, 2.05) is 0 Å². The molecule has 2 aromatic heterocycles. The first kappa shape index (κ1) is 18.7. The molecule has 1 aliphatic heterocycles. The molecular weight excluding hydrogens is 374 g/mol. The van der Waals surface area contributed by atoms with Crippen molar-refractivity contribution in [2.45, 2.75) is 19.4 Å². The molecule has 8 heteroatoms. The van der Waals surface area contributed by atoms with E-state index in [9.17, 15) is 14.4 Å². The maximum Gasteiger partial charge on any atom is 0.344 e. The molecule has 1 aliphatic rings. The van der Waals surface area contributed by atoms with Crippen LogP contribution in [-0.4, -0.2) is 34.4 Å². The number of amides is 1. The number of esters is 1. The lowest BCUT2D eigenvalue weighted by molar-refractivity contribution is -0.147. The topological polar surface area (TPSA) is 90.2 Å². The third kappa shape index (κ3) is 4.26. The van der Waals surface area contributed by atoms with Gasteiger partial charge in [0.15, 0.2) is 6.61 Å². The molecule has 0 spiro atoms. The number of ether oxygens (including phenoxy) is 2. The lowest BCUT2D eigenvalue weighted by atomic mass is 10.3. The molecule has 4 rings (SSSR count). The van der Waals surface area contributed by atoms with Gasteiger partial charge in [0.05, 0.1) is 5.69 Å². The number of benzene rings is 1. The second-order valence-electron chi connectivity index (χ2n) is 6.61. The van der Waals surface area contributed by atoms with Crippen molar-refractivity contribution in [2.75, 3.05) is 18.1 Å². The third-order valence-electron chi connectivity index (χ3n) is 4.58. The van der Waals surface area contributed by atoms with Gasteiger partial charge in [0.2, 0.25) is 5.91 Å². The molecule has 3 heterocycles. The summed E-state index contributed by atoms with van der Waals surface area (Å²) in [6, 6.07) is 13.5. The number of aromatic nitrogens is 2. The highest BCUT2D eigenvalue weighted by Crippen LogP contribution is 2.23. The lowest BCUT2D eigenvalue weighted by Crippen LogP contribution is -2.23. The van der Waals surface area contributed by atoms with Crippen LogP contribution in [0.3, 0.4) is 0 Å². The number of anilines is 1. The van der Waals surface area contributed by atoms with E-state index in [4.69, 9.17) is 9.47 Å². The summed E-state index contributed by atoms with van der Waals surface area (Å²) in [5.41, 5.74) is 1.43. The standard InChI is InChI=1S/C21H19N3O5/c25-19-5-3-11-23(19)16-6-8-17(9-7-16)28-14-21(27)29-13-15-12-20(26)24-10-2-1-4-18(24)22-15/h1-2,4,6-10,12H,3,5,11,13-14H2. The molecule has 148 valence electrons. The van der Waals surface area contributed by atoms with Crippen molar-refractivity contribution in [1.29, 1.82) is 0 Å². The molecule has 0 bridgehead atoms. The van der Waals surface area contributed by atoms with Crippen molar-refractivity contribution in [3.8, 4) is 5.75 Å². The zero-order valence-electron chi connectivity index (χ0n) is 15.6. The van der Waals surface area contributed by atoms with E-state index in [0.717, 1.165) is 18.7 Å². The van der Waals surface area contributed by atoms with Gasteiger partial charge in [-0.3, -0.25) is 14.0 Å². The number of pyridine rings is 1. The fourth-order valence-electron chi connectivity index (χ4n) is 3.16. The van der Waals surface area contributed by atoms with Gasteiger partial charge in [0, 0.05) is 30.9 Å². The van der Waals surface area contributed by atoms with E-state index in [0.29, 0.717) is 23.5 Å². The summed E-state index contributed by atoms with van der Waals surface area (Å²) in [7, 11) is 0. The van der Waals surface area contributed by atoms with E-state index < -0.39 is 5.97 Å². The fraction of sp³-hybridized carbons (Fsp3) is 0.238. The molecule has 0 unspecified atom stereocenters. The monoisotopic (exact) mass is 393 g/mol. The Morgan fingerprint density at radius 3 is 2.69 bits per heavy atom. The van der Waals surface area contributed by atoms with Gasteiger partial charge >= 0.3 is 5.97 Å². The van der Waals surface area contributed by atoms with Gasteiger partial charge < -0.3 is 14.4 Å². The summed E-state index contributed by atoms with van der Waals surface area (Å²) in [6.07, 6.45) is 3.06. The molecule has 0 radical (unpaired) electrons. The summed E-state index contributed by atoms with van der Waals surface area (Å²) in [6.45, 7) is 0.338. The van der Waals surface area contributed by atoms with Crippen LogP contribution in [0.4, 0.5) is 5.69 Å². The Labute approximate surface area is 166 Å². The molecule has 0 saturated carbocycles. The van der Waals surface area contributed by atoms with E-state index in [1.165, 1.54) is 10.5 Å². The van der Waals surface area contributed by atoms with Crippen LogP contribution >= 0.6 is 0 Å². The minimum absolute atomic E-state index is 0.112. The summed E-state index contributed by atoms with van der Waals surface area (Å²) < 4.78 is 12.0. The Kier molecular flexibility index (Phi) is 5.24. The van der Waals surface area contributed by atoms with Gasteiger partial charge in [-0.25, -0.2) is 9.78 Å². The van der Waals surface area contributed by atoms with Crippen LogP contribution < -0.4 is 15.2 Å². The van der Waals surface area contributed by atoms with Crippen molar-refractivity contribution >= 4 is 23.2 Å². The first-order valence-corrected chi connectivity index (χ1v) is 9.26. The average molecular weight is 393 g/mol. The largest absolute Gasteiger partial charge is 0.482 e. The normalized spacial score (nSPS) is 13.7. The van der Waals surface area contributed by atoms with Crippen molar-refractivity contribution in [1.82, 2.24) is 9.38 Å². The van der Waals surface area contributed by atoms with Gasteiger partial charge in [-0.2, -0.15) is 0 Å². The highest BCUT2D eigenvalue weighted by atomic mass is 16.6. The number of rotatable bonds is 6. The van der Waals surface area contributed by atoms with E-state index in [1.54, 1.807) is 53.6 Å². The molecule has 0 atom stereocenters. The number of nitrogens with zero attached hydrogens (tertiary/aromatic N) is 3. The molecule has 1 aromatic carbocycles. The third-order valence-corrected chi connectivity index (χ3v) is 4.58. The van der Waals surface area contributed by atoms with Gasteiger partial charge in [0.25, 0.3) is 5.56 Å². The quantitative estimate of drug-likeness (QED) is 0.595. The number of carbonyl (C=O) groups is 2. The lowest BCUT2D eigenvalue weighted by Gasteiger charge is -2.16. The Morgan fingerprint density at radius 2 is 1.93 bits per heavy atom. The van der Waals surface area contributed by atoms with Crippen LogP contribution in [0.5, 0.6) is 5.75 Å². The van der Waals surface area contributed by atoms with Gasteiger partial charge in [-0.05, 0) is 42.8 Å². The summed E-state index contributed by atoms with van der Waals surface area (Å²) >= 11 is 0. The second kappa shape index (κ2) is 8.14.